The van der Waals surface area contributed by atoms with Crippen molar-refractivity contribution in [1.82, 2.24) is 9.97 Å². The lowest BCUT2D eigenvalue weighted by Gasteiger charge is -2.37. The molecule has 12 heteroatoms. The molecule has 10 nitrogen and oxygen atoms in total. The summed E-state index contributed by atoms with van der Waals surface area (Å²) in [5, 5.41) is 3.77. The van der Waals surface area contributed by atoms with Crippen molar-refractivity contribution in [3.8, 4) is 0 Å². The van der Waals surface area contributed by atoms with Crippen molar-refractivity contribution in [2.45, 2.75) is 49.6 Å². The molecule has 0 saturated carbocycles. The first-order chi connectivity index (χ1) is 21.6. The molecule has 1 unspecified atom stereocenters. The zero-order valence-electron chi connectivity index (χ0n) is 24.5. The summed E-state index contributed by atoms with van der Waals surface area (Å²) >= 11 is 4.65. The number of aromatic nitrogens is 2. The predicted molar refractivity (Wildman–Crippen MR) is 171 cm³/mol. The van der Waals surface area contributed by atoms with Gasteiger partial charge in [-0.2, -0.15) is 0 Å². The second-order valence-corrected chi connectivity index (χ2v) is 14.2. The number of furan rings is 1. The molecule has 4 heterocycles. The second-order valence-electron chi connectivity index (χ2n) is 11.5. The van der Waals surface area contributed by atoms with Gasteiger partial charge in [0.05, 0.1) is 12.9 Å². The highest BCUT2D eigenvalue weighted by molar-refractivity contribution is 8.06. The third kappa shape index (κ3) is 5.71. The van der Waals surface area contributed by atoms with Crippen molar-refractivity contribution in [1.29, 1.82) is 0 Å². The molecule has 2 aliphatic heterocycles. The Hall–Kier alpha value is -3.51. The minimum absolute atomic E-state index is 0.174. The largest absolute Gasteiger partial charge is 0.458 e. The SMILES string of the molecule is CC1(C)OC2[C@@H](O1)[C@@H](COP(O)(O)=S)O[C@H]2c1coc2c(NC(c3ccccc3)(c3ccccc3)c3ccccc3)ncnc12. The van der Waals surface area contributed by atoms with E-state index in [9.17, 15) is 9.79 Å². The number of ether oxygens (including phenoxy) is 3. The number of rotatable bonds is 9. The first kappa shape index (κ1) is 30.2. The summed E-state index contributed by atoms with van der Waals surface area (Å²) in [5.41, 5.74) is 3.83. The van der Waals surface area contributed by atoms with E-state index in [0.717, 1.165) is 16.7 Å². The van der Waals surface area contributed by atoms with Gasteiger partial charge in [0.2, 0.25) is 0 Å². The number of anilines is 1. The summed E-state index contributed by atoms with van der Waals surface area (Å²) in [6.07, 6.45) is 0.695. The molecule has 4 atom stereocenters. The fourth-order valence-corrected chi connectivity index (χ4v) is 6.88. The molecule has 5 aromatic rings. The molecular formula is C33H32N3O7PS. The van der Waals surface area contributed by atoms with E-state index in [1.807, 2.05) is 68.4 Å². The maximum atomic E-state index is 9.68. The van der Waals surface area contributed by atoms with Crippen LogP contribution in [0.25, 0.3) is 11.1 Å². The third-order valence-electron chi connectivity index (χ3n) is 8.17. The normalized spacial score (nSPS) is 22.8. The molecule has 0 bridgehead atoms. The summed E-state index contributed by atoms with van der Waals surface area (Å²) in [6, 6.07) is 30.6. The van der Waals surface area contributed by atoms with Crippen molar-refractivity contribution in [3.63, 3.8) is 0 Å². The summed E-state index contributed by atoms with van der Waals surface area (Å²) in [6.45, 7) is -0.441. The number of nitrogens with one attached hydrogen (secondary N) is 1. The van der Waals surface area contributed by atoms with E-state index >= 15 is 0 Å². The number of benzene rings is 3. The maximum Gasteiger partial charge on any atom is 0.321 e. The number of fused-ring (bicyclic) bond motifs is 2. The Bertz CT molecular complexity index is 1740. The number of hydrogen-bond acceptors (Lipinski definition) is 9. The van der Waals surface area contributed by atoms with Crippen LogP contribution in [0, 0.1) is 0 Å². The van der Waals surface area contributed by atoms with Crippen LogP contribution in [0.4, 0.5) is 5.82 Å². The molecule has 7 rings (SSSR count). The Labute approximate surface area is 265 Å². The molecule has 232 valence electrons. The average Bonchev–Trinajstić information content (AvgIpc) is 3.70. The van der Waals surface area contributed by atoms with Gasteiger partial charge in [-0.3, -0.25) is 0 Å². The molecule has 0 amide bonds. The molecule has 2 aromatic heterocycles. The smallest absolute Gasteiger partial charge is 0.321 e. The van der Waals surface area contributed by atoms with E-state index in [-0.39, 0.29) is 6.61 Å². The van der Waals surface area contributed by atoms with Gasteiger partial charge < -0.3 is 38.3 Å². The Morgan fingerprint density at radius 2 is 1.42 bits per heavy atom. The van der Waals surface area contributed by atoms with E-state index in [1.165, 1.54) is 6.33 Å². The van der Waals surface area contributed by atoms with Crippen LogP contribution in [0.3, 0.4) is 0 Å². The van der Waals surface area contributed by atoms with Gasteiger partial charge in [0, 0.05) is 5.56 Å². The standard InChI is InChI=1S/C33H32N3O7PS/c1-32(2)42-28-25(19-40-44(37,38)45)41-27(30(28)43-32)24-18-39-29-26(24)34-20-35-31(29)36-33(21-12-6-3-7-13-21,22-14-8-4-9-15-22)23-16-10-5-11-17-23/h3-18,20,25,27-28,30H,19H2,1-2H3,(H,34,35,36)(H2,37,38,45)/t25-,27+,28+,30?/m1/s1. The summed E-state index contributed by atoms with van der Waals surface area (Å²) in [7, 11) is 0. The van der Waals surface area contributed by atoms with Crippen molar-refractivity contribution in [3.05, 3.63) is 126 Å². The summed E-state index contributed by atoms with van der Waals surface area (Å²) in [5.74, 6) is -0.404. The first-order valence-corrected chi connectivity index (χ1v) is 17.2. The highest BCUT2D eigenvalue weighted by Crippen LogP contribution is 2.49. The Kier molecular flexibility index (Phi) is 7.84. The lowest BCUT2D eigenvalue weighted by Crippen LogP contribution is -2.38. The van der Waals surface area contributed by atoms with Gasteiger partial charge in [-0.15, -0.1) is 0 Å². The lowest BCUT2D eigenvalue weighted by molar-refractivity contribution is -0.190. The van der Waals surface area contributed by atoms with Crippen LogP contribution < -0.4 is 5.32 Å². The molecule has 2 aliphatic rings. The third-order valence-corrected chi connectivity index (χ3v) is 8.97. The summed E-state index contributed by atoms with van der Waals surface area (Å²) < 4.78 is 30.1. The topological polar surface area (TPSA) is 128 Å². The monoisotopic (exact) mass is 645 g/mol. The van der Waals surface area contributed by atoms with Crippen molar-refractivity contribution in [2.24, 2.45) is 0 Å². The highest BCUT2D eigenvalue weighted by Gasteiger charge is 2.56. The van der Waals surface area contributed by atoms with Crippen LogP contribution in [0.2, 0.25) is 0 Å². The molecule has 0 spiro atoms. The fraction of sp³-hybridized carbons (Fsp3) is 0.273. The van der Waals surface area contributed by atoms with Gasteiger partial charge in [0.15, 0.2) is 17.2 Å². The molecular weight excluding hydrogens is 613 g/mol. The Balaban J connectivity index is 1.32. The highest BCUT2D eigenvalue weighted by atomic mass is 32.5. The molecule has 2 saturated heterocycles. The molecule has 45 heavy (non-hydrogen) atoms. The Morgan fingerprint density at radius 3 is 1.98 bits per heavy atom. The minimum Gasteiger partial charge on any atom is -0.458 e. The summed E-state index contributed by atoms with van der Waals surface area (Å²) in [4.78, 5) is 28.6. The van der Waals surface area contributed by atoms with Crippen LogP contribution >= 0.6 is 6.72 Å². The lowest BCUT2D eigenvalue weighted by atomic mass is 9.77. The molecule has 3 aromatic carbocycles. The quantitative estimate of drug-likeness (QED) is 0.133. The van der Waals surface area contributed by atoms with Gasteiger partial charge >= 0.3 is 6.72 Å². The van der Waals surface area contributed by atoms with Gasteiger partial charge in [0.1, 0.15) is 41.8 Å². The van der Waals surface area contributed by atoms with Crippen LogP contribution in [0.5, 0.6) is 0 Å². The first-order valence-electron chi connectivity index (χ1n) is 14.5. The minimum atomic E-state index is -3.90. The second kappa shape index (κ2) is 11.7. The van der Waals surface area contributed by atoms with Gasteiger partial charge in [-0.1, -0.05) is 91.0 Å². The Morgan fingerprint density at radius 1 is 0.867 bits per heavy atom. The molecule has 0 radical (unpaired) electrons. The average molecular weight is 646 g/mol. The van der Waals surface area contributed by atoms with E-state index in [2.05, 4.69) is 63.5 Å². The van der Waals surface area contributed by atoms with Crippen LogP contribution in [0.1, 0.15) is 42.2 Å². The van der Waals surface area contributed by atoms with E-state index < -0.39 is 42.5 Å². The number of hydrogen-bond donors (Lipinski definition) is 3. The van der Waals surface area contributed by atoms with Crippen molar-refractivity contribution in [2.75, 3.05) is 11.9 Å². The maximum absolute atomic E-state index is 9.68. The number of nitrogens with zero attached hydrogens (tertiary/aromatic N) is 2. The molecule has 0 aliphatic carbocycles. The molecule has 2 fully saturated rings. The van der Waals surface area contributed by atoms with Gasteiger partial charge in [0.25, 0.3) is 0 Å². The van der Waals surface area contributed by atoms with Crippen molar-refractivity contribution < 1.29 is 32.9 Å². The van der Waals surface area contributed by atoms with Gasteiger partial charge in [-0.05, 0) is 42.3 Å². The van der Waals surface area contributed by atoms with Crippen LogP contribution in [-0.4, -0.2) is 50.5 Å². The zero-order valence-corrected chi connectivity index (χ0v) is 26.2. The van der Waals surface area contributed by atoms with Crippen LogP contribution in [0.15, 0.2) is 108 Å². The van der Waals surface area contributed by atoms with Gasteiger partial charge in [-0.25, -0.2) is 9.97 Å². The van der Waals surface area contributed by atoms with E-state index in [1.54, 1.807) is 6.26 Å². The van der Waals surface area contributed by atoms with Crippen LogP contribution in [-0.2, 0) is 36.1 Å². The van der Waals surface area contributed by atoms with E-state index in [0.29, 0.717) is 22.5 Å². The molecule has 3 N–H and O–H groups in total. The predicted octanol–water partition coefficient (Wildman–Crippen LogP) is 5.81. The fourth-order valence-electron chi connectivity index (χ4n) is 6.36. The van der Waals surface area contributed by atoms with E-state index in [4.69, 9.17) is 23.2 Å². The van der Waals surface area contributed by atoms with Crippen molar-refractivity contribution >= 4 is 35.4 Å². The zero-order chi connectivity index (χ0) is 31.2.